The molecule has 0 saturated carbocycles. The summed E-state index contributed by atoms with van der Waals surface area (Å²) < 4.78 is 38.9. The van der Waals surface area contributed by atoms with Crippen LogP contribution in [0.2, 0.25) is 0 Å². The van der Waals surface area contributed by atoms with E-state index in [-0.39, 0.29) is 24.1 Å². The molecule has 5 unspecified atom stereocenters. The van der Waals surface area contributed by atoms with Gasteiger partial charge in [-0.1, -0.05) is 17.7 Å². The zero-order chi connectivity index (χ0) is 20.3. The van der Waals surface area contributed by atoms with Gasteiger partial charge in [0.1, 0.15) is 12.2 Å². The fraction of sp³-hybridized carbons (Fsp3) is 0.684. The molecule has 9 heteroatoms. The van der Waals surface area contributed by atoms with Crippen molar-refractivity contribution in [2.45, 2.75) is 55.1 Å². The van der Waals surface area contributed by atoms with Gasteiger partial charge in [-0.05, 0) is 38.4 Å². The van der Waals surface area contributed by atoms with Gasteiger partial charge in [0.25, 0.3) is 0 Å². The second-order valence-electron chi connectivity index (χ2n) is 7.53. The lowest BCUT2D eigenvalue weighted by Crippen LogP contribution is -2.53. The third-order valence-electron chi connectivity index (χ3n) is 5.61. The fourth-order valence-corrected chi connectivity index (χ4v) is 5.21. The van der Waals surface area contributed by atoms with E-state index in [0.29, 0.717) is 6.61 Å². The van der Waals surface area contributed by atoms with Crippen molar-refractivity contribution in [2.75, 3.05) is 33.4 Å². The van der Waals surface area contributed by atoms with Crippen molar-refractivity contribution in [1.82, 2.24) is 9.62 Å². The van der Waals surface area contributed by atoms with E-state index in [4.69, 9.17) is 9.47 Å². The smallest absolute Gasteiger partial charge is 0.240 e. The molecule has 0 spiro atoms. The molecular weight excluding hydrogens is 384 g/mol. The van der Waals surface area contributed by atoms with E-state index in [1.165, 1.54) is 0 Å². The van der Waals surface area contributed by atoms with E-state index in [1.807, 2.05) is 6.92 Å². The fourth-order valence-electron chi connectivity index (χ4n) is 4.17. The van der Waals surface area contributed by atoms with Gasteiger partial charge in [0.05, 0.1) is 30.3 Å². The number of methoxy groups -OCH3 is 1. The van der Waals surface area contributed by atoms with E-state index in [9.17, 15) is 18.6 Å². The normalized spacial score (nSPS) is 31.5. The molecule has 0 aromatic heterocycles. The summed E-state index contributed by atoms with van der Waals surface area (Å²) in [6, 6.07) is 6.35. The van der Waals surface area contributed by atoms with Gasteiger partial charge in [0.15, 0.2) is 0 Å². The zero-order valence-electron chi connectivity index (χ0n) is 16.3. The van der Waals surface area contributed by atoms with E-state index in [1.54, 1.807) is 31.4 Å². The number of hydrogen-bond acceptors (Lipinski definition) is 7. The molecule has 2 aliphatic heterocycles. The Morgan fingerprint density at radius 2 is 2.00 bits per heavy atom. The van der Waals surface area contributed by atoms with Crippen molar-refractivity contribution >= 4 is 10.0 Å². The molecule has 0 radical (unpaired) electrons. The molecule has 2 aliphatic rings. The summed E-state index contributed by atoms with van der Waals surface area (Å²) in [6.45, 7) is 2.91. The maximum Gasteiger partial charge on any atom is 0.240 e. The van der Waals surface area contributed by atoms with Crippen molar-refractivity contribution in [3.05, 3.63) is 29.8 Å². The van der Waals surface area contributed by atoms with Gasteiger partial charge in [-0.2, -0.15) is 0 Å². The number of aliphatic hydroxyl groups excluding tert-OH is 2. The Bertz CT molecular complexity index is 741. The number of benzene rings is 1. The minimum atomic E-state index is -3.69. The highest BCUT2D eigenvalue weighted by Crippen LogP contribution is 2.31. The molecule has 0 aliphatic carbocycles. The molecule has 8 nitrogen and oxygen atoms in total. The van der Waals surface area contributed by atoms with Crippen LogP contribution in [0.1, 0.15) is 18.4 Å². The maximum atomic E-state index is 12.6. The molecule has 2 fully saturated rings. The van der Waals surface area contributed by atoms with Crippen LogP contribution in [0.15, 0.2) is 29.2 Å². The molecule has 0 bridgehead atoms. The highest BCUT2D eigenvalue weighted by Gasteiger charge is 2.49. The van der Waals surface area contributed by atoms with Gasteiger partial charge in [-0.3, -0.25) is 4.90 Å². The van der Waals surface area contributed by atoms with Crippen molar-refractivity contribution in [3.8, 4) is 0 Å². The average Bonchev–Trinajstić information content (AvgIpc) is 3.24. The lowest BCUT2D eigenvalue weighted by atomic mass is 10.0. The number of likely N-dealkylation sites (tertiary alicyclic amines) is 1. The quantitative estimate of drug-likeness (QED) is 0.544. The Morgan fingerprint density at radius 3 is 2.64 bits per heavy atom. The molecule has 2 heterocycles. The summed E-state index contributed by atoms with van der Waals surface area (Å²) in [7, 11) is -2.05. The van der Waals surface area contributed by atoms with Gasteiger partial charge in [0.2, 0.25) is 10.0 Å². The van der Waals surface area contributed by atoms with Crippen molar-refractivity contribution in [3.63, 3.8) is 0 Å². The van der Waals surface area contributed by atoms with Crippen LogP contribution in [0.25, 0.3) is 0 Å². The molecule has 158 valence electrons. The number of rotatable bonds is 8. The largest absolute Gasteiger partial charge is 0.394 e. The number of aryl methyl sites for hydroxylation is 1. The van der Waals surface area contributed by atoms with E-state index >= 15 is 0 Å². The van der Waals surface area contributed by atoms with Crippen LogP contribution in [0.3, 0.4) is 0 Å². The Balaban J connectivity index is 1.74. The van der Waals surface area contributed by atoms with Crippen LogP contribution in [0.4, 0.5) is 0 Å². The molecule has 1 aromatic rings. The van der Waals surface area contributed by atoms with Crippen molar-refractivity contribution < 1.29 is 28.1 Å². The van der Waals surface area contributed by atoms with Gasteiger partial charge >= 0.3 is 0 Å². The molecule has 0 amide bonds. The van der Waals surface area contributed by atoms with Crippen LogP contribution < -0.4 is 4.72 Å². The van der Waals surface area contributed by atoms with Crippen molar-refractivity contribution in [1.29, 1.82) is 0 Å². The maximum absolute atomic E-state index is 12.6. The molecular formula is C19H30N2O6S. The number of sulfonamides is 1. The second kappa shape index (κ2) is 9.17. The lowest BCUT2D eigenvalue weighted by Gasteiger charge is -2.34. The second-order valence-corrected chi connectivity index (χ2v) is 9.30. The highest BCUT2D eigenvalue weighted by atomic mass is 32.2. The first-order valence-corrected chi connectivity index (χ1v) is 11.1. The Hall–Kier alpha value is -1.07. The zero-order valence-corrected chi connectivity index (χ0v) is 17.1. The minimum absolute atomic E-state index is 0.0185. The molecule has 5 atom stereocenters. The number of ether oxygens (including phenoxy) is 2. The Kier molecular flexibility index (Phi) is 7.08. The summed E-state index contributed by atoms with van der Waals surface area (Å²) >= 11 is 0. The lowest BCUT2D eigenvalue weighted by molar-refractivity contribution is -0.0201. The summed E-state index contributed by atoms with van der Waals surface area (Å²) in [5.41, 5.74) is 0.977. The van der Waals surface area contributed by atoms with Gasteiger partial charge in [-0.25, -0.2) is 13.1 Å². The predicted octanol–water partition coefficient (Wildman–Crippen LogP) is -0.127. The first kappa shape index (κ1) is 21.6. The van der Waals surface area contributed by atoms with Gasteiger partial charge in [-0.15, -0.1) is 0 Å². The number of nitrogens with zero attached hydrogens (tertiary/aromatic N) is 1. The van der Waals surface area contributed by atoms with Crippen LogP contribution >= 0.6 is 0 Å². The summed E-state index contributed by atoms with van der Waals surface area (Å²) in [4.78, 5) is 2.32. The molecule has 2 saturated heterocycles. The topological polar surface area (TPSA) is 108 Å². The predicted molar refractivity (Wildman–Crippen MR) is 104 cm³/mol. The molecule has 3 N–H and O–H groups in total. The third kappa shape index (κ3) is 4.56. The number of hydrogen-bond donors (Lipinski definition) is 3. The van der Waals surface area contributed by atoms with Crippen molar-refractivity contribution in [2.24, 2.45) is 0 Å². The molecule has 28 heavy (non-hydrogen) atoms. The van der Waals surface area contributed by atoms with Gasteiger partial charge in [0, 0.05) is 19.7 Å². The standard InChI is InChI=1S/C19H30N2O6S/c1-13-5-7-15(8-6-13)28(24,25)20-10-16-18(19(23)17(11-22)27-16)21-9-3-4-14(21)12-26-2/h5-8,14,16-20,22-23H,3-4,9-12H2,1-2H3. The van der Waals surface area contributed by atoms with E-state index in [2.05, 4.69) is 9.62 Å². The van der Waals surface area contributed by atoms with Gasteiger partial charge < -0.3 is 19.7 Å². The van der Waals surface area contributed by atoms with E-state index < -0.39 is 34.4 Å². The summed E-state index contributed by atoms with van der Waals surface area (Å²) in [6.07, 6.45) is -0.269. The molecule has 3 rings (SSSR count). The summed E-state index contributed by atoms with van der Waals surface area (Å²) in [5.74, 6) is 0. The Morgan fingerprint density at radius 1 is 1.29 bits per heavy atom. The number of aliphatic hydroxyl groups is 2. The monoisotopic (exact) mass is 414 g/mol. The Labute approximate surface area is 166 Å². The third-order valence-corrected chi connectivity index (χ3v) is 7.05. The van der Waals surface area contributed by atoms with Crippen LogP contribution in [-0.4, -0.2) is 87.3 Å². The first-order valence-electron chi connectivity index (χ1n) is 9.62. The van der Waals surface area contributed by atoms with Crippen LogP contribution in [0, 0.1) is 6.92 Å². The average molecular weight is 415 g/mol. The molecule has 1 aromatic carbocycles. The van der Waals surface area contributed by atoms with Crippen LogP contribution in [0.5, 0.6) is 0 Å². The van der Waals surface area contributed by atoms with Crippen LogP contribution in [-0.2, 0) is 19.5 Å². The first-order chi connectivity index (χ1) is 13.4. The number of nitrogens with one attached hydrogen (secondary N) is 1. The summed E-state index contributed by atoms with van der Waals surface area (Å²) in [5, 5.41) is 20.2. The highest BCUT2D eigenvalue weighted by molar-refractivity contribution is 7.89. The minimum Gasteiger partial charge on any atom is -0.394 e. The van der Waals surface area contributed by atoms with E-state index in [0.717, 1.165) is 24.9 Å². The SMILES string of the molecule is COCC1CCCN1C1C(CNS(=O)(=O)c2ccc(C)cc2)OC(CO)C1O.